The second-order valence-electron chi connectivity index (χ2n) is 10.8. The SMILES string of the molecule is CC.CC(C)C(CC(C)(C)C)C(=O)NCCCOCCOCCOCCCNC(=O)CCN(C)C(=O)/C=C\C=O. The molecule has 10 nitrogen and oxygen atoms in total. The number of rotatable bonds is 22. The lowest BCUT2D eigenvalue weighted by molar-refractivity contribution is -0.128. The molecule has 10 heteroatoms. The van der Waals surface area contributed by atoms with E-state index < -0.39 is 0 Å². The zero-order valence-corrected chi connectivity index (χ0v) is 26.4. The van der Waals surface area contributed by atoms with E-state index in [0.29, 0.717) is 71.4 Å². The van der Waals surface area contributed by atoms with Crippen molar-refractivity contribution in [2.45, 2.75) is 74.1 Å². The van der Waals surface area contributed by atoms with Crippen molar-refractivity contribution in [2.75, 3.05) is 66.3 Å². The van der Waals surface area contributed by atoms with E-state index in [1.54, 1.807) is 7.05 Å². The second-order valence-corrected chi connectivity index (χ2v) is 10.8. The summed E-state index contributed by atoms with van der Waals surface area (Å²) >= 11 is 0. The van der Waals surface area contributed by atoms with E-state index in [-0.39, 0.29) is 42.0 Å². The van der Waals surface area contributed by atoms with Crippen molar-refractivity contribution < 1.29 is 33.4 Å². The van der Waals surface area contributed by atoms with Gasteiger partial charge in [0.1, 0.15) is 6.29 Å². The first-order chi connectivity index (χ1) is 19.0. The van der Waals surface area contributed by atoms with Gasteiger partial charge < -0.3 is 29.7 Å². The summed E-state index contributed by atoms with van der Waals surface area (Å²) in [7, 11) is 1.58. The summed E-state index contributed by atoms with van der Waals surface area (Å²) in [6, 6.07) is 0. The maximum atomic E-state index is 12.5. The predicted octanol–water partition coefficient (Wildman–Crippen LogP) is 3.39. The molecule has 0 aliphatic heterocycles. The van der Waals surface area contributed by atoms with Crippen molar-refractivity contribution >= 4 is 24.0 Å². The predicted molar refractivity (Wildman–Crippen MR) is 159 cm³/mol. The smallest absolute Gasteiger partial charge is 0.246 e. The van der Waals surface area contributed by atoms with Crippen molar-refractivity contribution in [1.29, 1.82) is 0 Å². The van der Waals surface area contributed by atoms with Crippen LogP contribution in [0.4, 0.5) is 0 Å². The number of carbonyl (C=O) groups excluding carboxylic acids is 4. The van der Waals surface area contributed by atoms with Crippen molar-refractivity contribution in [3.63, 3.8) is 0 Å². The van der Waals surface area contributed by atoms with Gasteiger partial charge in [0, 0.05) is 58.3 Å². The van der Waals surface area contributed by atoms with Gasteiger partial charge in [0.2, 0.25) is 17.7 Å². The molecule has 3 amide bonds. The molecule has 0 bridgehead atoms. The standard InChI is InChI=1S/C28H51N3O7.C2H6/c1-23(2)24(22-28(3,4)5)27(35)30-13-9-17-37-19-21-38-20-18-36-16-8-12-29-25(33)11-14-31(6)26(34)10-7-15-32;1-2/h7,10,15,23-24H,8-9,11-14,16-22H2,1-6H3,(H,29,33)(H,30,35);1-2H3/b10-7-;. The number of nitrogens with zero attached hydrogens (tertiary/aromatic N) is 1. The summed E-state index contributed by atoms with van der Waals surface area (Å²) in [4.78, 5) is 47.5. The maximum Gasteiger partial charge on any atom is 0.246 e. The van der Waals surface area contributed by atoms with Crippen molar-refractivity contribution in [1.82, 2.24) is 15.5 Å². The minimum atomic E-state index is -0.320. The molecule has 2 N–H and O–H groups in total. The molecule has 0 saturated carbocycles. The van der Waals surface area contributed by atoms with Gasteiger partial charge in [-0.2, -0.15) is 0 Å². The Hall–Kier alpha value is -2.30. The lowest BCUT2D eigenvalue weighted by Gasteiger charge is -2.28. The van der Waals surface area contributed by atoms with Crippen LogP contribution >= 0.6 is 0 Å². The fraction of sp³-hybridized carbons (Fsp3) is 0.800. The van der Waals surface area contributed by atoms with E-state index in [4.69, 9.17) is 14.2 Å². The first kappa shape index (κ1) is 39.8. The maximum absolute atomic E-state index is 12.5. The zero-order chi connectivity index (χ0) is 30.8. The Labute approximate surface area is 242 Å². The molecule has 0 spiro atoms. The van der Waals surface area contributed by atoms with Gasteiger partial charge in [0.15, 0.2) is 0 Å². The Morgan fingerprint density at radius 3 is 1.82 bits per heavy atom. The molecule has 40 heavy (non-hydrogen) atoms. The lowest BCUT2D eigenvalue weighted by Crippen LogP contribution is -2.36. The fourth-order valence-corrected chi connectivity index (χ4v) is 3.47. The third-order valence-corrected chi connectivity index (χ3v) is 5.64. The molecule has 0 radical (unpaired) electrons. The van der Waals surface area contributed by atoms with Crippen LogP contribution in [0.1, 0.15) is 74.1 Å². The highest BCUT2D eigenvalue weighted by Crippen LogP contribution is 2.28. The van der Waals surface area contributed by atoms with Crippen LogP contribution in [0.2, 0.25) is 0 Å². The Morgan fingerprint density at radius 1 is 0.850 bits per heavy atom. The van der Waals surface area contributed by atoms with E-state index in [2.05, 4.69) is 45.3 Å². The summed E-state index contributed by atoms with van der Waals surface area (Å²) < 4.78 is 16.5. The highest BCUT2D eigenvalue weighted by molar-refractivity contribution is 5.91. The number of aldehydes is 1. The molecule has 0 aromatic heterocycles. The van der Waals surface area contributed by atoms with Crippen LogP contribution in [-0.2, 0) is 33.4 Å². The first-order valence-electron chi connectivity index (χ1n) is 14.6. The van der Waals surface area contributed by atoms with Gasteiger partial charge in [0.05, 0.1) is 26.4 Å². The van der Waals surface area contributed by atoms with Gasteiger partial charge in [-0.05, 0) is 36.7 Å². The normalized spacial score (nSPS) is 12.0. The molecule has 0 aliphatic rings. The molecule has 0 saturated heterocycles. The van der Waals surface area contributed by atoms with Gasteiger partial charge in [0.25, 0.3) is 0 Å². The Kier molecular flexibility index (Phi) is 25.6. The average Bonchev–Trinajstić information content (AvgIpc) is 2.91. The average molecular weight is 572 g/mol. The van der Waals surface area contributed by atoms with Gasteiger partial charge in [-0.3, -0.25) is 19.2 Å². The van der Waals surface area contributed by atoms with Gasteiger partial charge in [-0.1, -0.05) is 48.5 Å². The fourth-order valence-electron chi connectivity index (χ4n) is 3.47. The number of nitrogens with one attached hydrogen (secondary N) is 2. The summed E-state index contributed by atoms with van der Waals surface area (Å²) in [5, 5.41) is 5.82. The molecule has 0 aliphatic carbocycles. The second kappa shape index (κ2) is 25.7. The number of allylic oxidation sites excluding steroid dienone is 1. The molecular formula is C30H57N3O7. The summed E-state index contributed by atoms with van der Waals surface area (Å²) in [6.45, 7) is 19.0. The van der Waals surface area contributed by atoms with Gasteiger partial charge in [-0.15, -0.1) is 0 Å². The zero-order valence-electron chi connectivity index (χ0n) is 26.4. The van der Waals surface area contributed by atoms with Crippen molar-refractivity contribution in [2.24, 2.45) is 17.3 Å². The molecule has 0 fully saturated rings. The molecule has 0 rings (SSSR count). The summed E-state index contributed by atoms with van der Waals surface area (Å²) in [5.41, 5.74) is 0.123. The van der Waals surface area contributed by atoms with Crippen molar-refractivity contribution in [3.8, 4) is 0 Å². The quantitative estimate of drug-likeness (QED) is 0.116. The number of likely N-dealkylation sites (N-methyl/N-ethyl adjacent to an activating group) is 1. The third kappa shape index (κ3) is 24.7. The summed E-state index contributed by atoms with van der Waals surface area (Å²) in [5.74, 6) is 0.00506. The minimum Gasteiger partial charge on any atom is -0.379 e. The van der Waals surface area contributed by atoms with E-state index in [9.17, 15) is 19.2 Å². The van der Waals surface area contributed by atoms with Crippen LogP contribution in [0.3, 0.4) is 0 Å². The number of carbonyl (C=O) groups is 4. The molecule has 234 valence electrons. The van der Waals surface area contributed by atoms with E-state index in [1.165, 1.54) is 11.0 Å². The Bertz CT molecular complexity index is 706. The molecule has 0 aromatic carbocycles. The third-order valence-electron chi connectivity index (χ3n) is 5.64. The molecular weight excluding hydrogens is 514 g/mol. The molecule has 1 atom stereocenters. The van der Waals surface area contributed by atoms with Crippen LogP contribution in [0.5, 0.6) is 0 Å². The largest absolute Gasteiger partial charge is 0.379 e. The first-order valence-corrected chi connectivity index (χ1v) is 14.6. The molecule has 0 aromatic rings. The Morgan fingerprint density at radius 2 is 1.35 bits per heavy atom. The van der Waals surface area contributed by atoms with Crippen molar-refractivity contribution in [3.05, 3.63) is 12.2 Å². The van der Waals surface area contributed by atoms with Gasteiger partial charge in [-0.25, -0.2) is 0 Å². The van der Waals surface area contributed by atoms with E-state index in [0.717, 1.165) is 18.9 Å². The van der Waals surface area contributed by atoms with E-state index >= 15 is 0 Å². The van der Waals surface area contributed by atoms with Crippen LogP contribution in [0.25, 0.3) is 0 Å². The lowest BCUT2D eigenvalue weighted by atomic mass is 9.79. The topological polar surface area (TPSA) is 123 Å². The highest BCUT2D eigenvalue weighted by Gasteiger charge is 2.27. The van der Waals surface area contributed by atoms with Crippen LogP contribution in [-0.4, -0.2) is 95.2 Å². The minimum absolute atomic E-state index is 0.0275. The van der Waals surface area contributed by atoms with E-state index in [1.807, 2.05) is 13.8 Å². The monoisotopic (exact) mass is 571 g/mol. The number of hydrogen-bond acceptors (Lipinski definition) is 7. The van der Waals surface area contributed by atoms with Crippen LogP contribution in [0, 0.1) is 17.3 Å². The molecule has 1 unspecified atom stereocenters. The highest BCUT2D eigenvalue weighted by atomic mass is 16.5. The number of ether oxygens (including phenoxy) is 3. The van der Waals surface area contributed by atoms with Crippen LogP contribution in [0.15, 0.2) is 12.2 Å². The van der Waals surface area contributed by atoms with Crippen LogP contribution < -0.4 is 10.6 Å². The Balaban J connectivity index is 0. The number of hydrogen-bond donors (Lipinski definition) is 2. The van der Waals surface area contributed by atoms with Gasteiger partial charge >= 0.3 is 0 Å². The summed E-state index contributed by atoms with van der Waals surface area (Å²) in [6.07, 6.45) is 5.33. The molecule has 0 heterocycles. The number of amides is 3.